The summed E-state index contributed by atoms with van der Waals surface area (Å²) >= 11 is 0. The number of para-hydroxylation sites is 1. The Morgan fingerprint density at radius 2 is 1.74 bits per heavy atom. The molecule has 0 unspecified atom stereocenters. The second kappa shape index (κ2) is 10.0. The third kappa shape index (κ3) is 4.68. The number of carbonyl (C=O) groups excluding carboxylic acids is 2. The molecule has 0 spiro atoms. The fourth-order valence-electron chi connectivity index (χ4n) is 4.01. The molecule has 0 bridgehead atoms. The van der Waals surface area contributed by atoms with E-state index in [9.17, 15) is 9.59 Å². The average Bonchev–Trinajstić information content (AvgIpc) is 3.14. The van der Waals surface area contributed by atoms with Crippen LogP contribution in [0.2, 0.25) is 0 Å². The molecule has 4 rings (SSSR count). The van der Waals surface area contributed by atoms with Crippen molar-refractivity contribution < 1.29 is 14.3 Å². The number of rotatable bonds is 7. The van der Waals surface area contributed by atoms with Crippen molar-refractivity contribution in [2.24, 2.45) is 5.10 Å². The second-order valence-electron chi connectivity index (χ2n) is 7.84. The summed E-state index contributed by atoms with van der Waals surface area (Å²) in [4.78, 5) is 24.5. The molecule has 1 aromatic heterocycles. The normalized spacial score (nSPS) is 11.0. The van der Waals surface area contributed by atoms with E-state index >= 15 is 0 Å². The van der Waals surface area contributed by atoms with Crippen LogP contribution in [0.1, 0.15) is 27.3 Å². The Hall–Kier alpha value is -4.39. The van der Waals surface area contributed by atoms with Crippen molar-refractivity contribution in [3.63, 3.8) is 0 Å². The van der Waals surface area contributed by atoms with Crippen LogP contribution in [0.5, 0.6) is 0 Å². The highest BCUT2D eigenvalue weighted by molar-refractivity contribution is 5.95. The molecule has 34 heavy (non-hydrogen) atoms. The third-order valence-corrected chi connectivity index (χ3v) is 5.64. The molecule has 0 saturated carbocycles. The zero-order valence-corrected chi connectivity index (χ0v) is 19.3. The quantitative estimate of drug-likeness (QED) is 0.243. The lowest BCUT2D eigenvalue weighted by atomic mass is 10.1. The maximum absolute atomic E-state index is 12.3. The van der Waals surface area contributed by atoms with E-state index in [1.165, 1.54) is 7.11 Å². The van der Waals surface area contributed by atoms with Crippen molar-refractivity contribution in [1.82, 2.24) is 9.99 Å². The summed E-state index contributed by atoms with van der Waals surface area (Å²) in [6, 6.07) is 23.2. The summed E-state index contributed by atoms with van der Waals surface area (Å²) in [5, 5.41) is 9.46. The Labute approximate surface area is 198 Å². The first kappa shape index (κ1) is 22.8. The van der Waals surface area contributed by atoms with Crippen LogP contribution in [0.4, 0.5) is 5.69 Å². The number of aromatic nitrogens is 1. The Balaban J connectivity index is 1.45. The molecule has 7 heteroatoms. The highest BCUT2D eigenvalue weighted by atomic mass is 16.5. The van der Waals surface area contributed by atoms with Crippen LogP contribution in [0.25, 0.3) is 16.5 Å². The van der Waals surface area contributed by atoms with Crippen molar-refractivity contribution >= 4 is 34.6 Å². The number of hydrazone groups is 1. The van der Waals surface area contributed by atoms with Crippen molar-refractivity contribution in [3.05, 3.63) is 95.3 Å². The molecule has 0 atom stereocenters. The molecule has 1 heterocycles. The summed E-state index contributed by atoms with van der Waals surface area (Å²) in [6.45, 7) is 3.98. The zero-order chi connectivity index (χ0) is 24.1. The van der Waals surface area contributed by atoms with Crippen LogP contribution in [0.15, 0.2) is 77.9 Å². The Morgan fingerprint density at radius 1 is 1.00 bits per heavy atom. The van der Waals surface area contributed by atoms with E-state index in [-0.39, 0.29) is 12.5 Å². The van der Waals surface area contributed by atoms with Gasteiger partial charge in [-0.15, -0.1) is 0 Å². The average molecular weight is 455 g/mol. The predicted molar refractivity (Wildman–Crippen MR) is 135 cm³/mol. The molecule has 0 aliphatic carbocycles. The first-order valence-electron chi connectivity index (χ1n) is 10.9. The summed E-state index contributed by atoms with van der Waals surface area (Å²) in [7, 11) is 1.37. The van der Waals surface area contributed by atoms with Gasteiger partial charge in [0.15, 0.2) is 0 Å². The van der Waals surface area contributed by atoms with E-state index in [1.54, 1.807) is 18.3 Å². The minimum atomic E-state index is -0.399. The highest BCUT2D eigenvalue weighted by Crippen LogP contribution is 2.24. The minimum Gasteiger partial charge on any atom is -0.465 e. The lowest BCUT2D eigenvalue weighted by molar-refractivity contribution is -0.119. The summed E-state index contributed by atoms with van der Waals surface area (Å²) in [6.07, 6.45) is 1.61. The number of methoxy groups -OCH3 is 1. The van der Waals surface area contributed by atoms with E-state index < -0.39 is 5.97 Å². The number of amides is 1. The topological polar surface area (TPSA) is 84.7 Å². The number of carbonyl (C=O) groups is 2. The Bertz CT molecular complexity index is 1380. The number of anilines is 1. The van der Waals surface area contributed by atoms with Crippen LogP contribution < -0.4 is 10.7 Å². The van der Waals surface area contributed by atoms with Gasteiger partial charge in [-0.05, 0) is 43.5 Å². The number of hydrogen-bond acceptors (Lipinski definition) is 5. The van der Waals surface area contributed by atoms with Gasteiger partial charge in [0.05, 0.1) is 31.1 Å². The lowest BCUT2D eigenvalue weighted by Gasteiger charge is -2.13. The molecule has 172 valence electrons. The van der Waals surface area contributed by atoms with Crippen LogP contribution >= 0.6 is 0 Å². The Kier molecular flexibility index (Phi) is 6.73. The minimum absolute atomic E-state index is 0.0941. The van der Waals surface area contributed by atoms with Gasteiger partial charge in [0, 0.05) is 28.0 Å². The SMILES string of the molecule is COC(=O)c1ccccc1-n1c(C)cc(/C=N\NC(=O)CNc2cccc3ccccc23)c1C. The van der Waals surface area contributed by atoms with Crippen LogP contribution in [-0.4, -0.2) is 36.3 Å². The number of aryl methyl sites for hydroxylation is 1. The van der Waals surface area contributed by atoms with Gasteiger partial charge in [-0.1, -0.05) is 48.5 Å². The highest BCUT2D eigenvalue weighted by Gasteiger charge is 2.17. The molecular formula is C27H26N4O3. The van der Waals surface area contributed by atoms with Gasteiger partial charge in [0.25, 0.3) is 5.91 Å². The molecule has 0 fully saturated rings. The maximum Gasteiger partial charge on any atom is 0.339 e. The van der Waals surface area contributed by atoms with Gasteiger partial charge in [-0.3, -0.25) is 4.79 Å². The fourth-order valence-corrected chi connectivity index (χ4v) is 4.01. The molecule has 0 radical (unpaired) electrons. The first-order chi connectivity index (χ1) is 16.5. The Morgan fingerprint density at radius 3 is 2.56 bits per heavy atom. The number of esters is 1. The zero-order valence-electron chi connectivity index (χ0n) is 19.3. The van der Waals surface area contributed by atoms with Crippen LogP contribution in [0.3, 0.4) is 0 Å². The van der Waals surface area contributed by atoms with Crippen LogP contribution in [0, 0.1) is 13.8 Å². The first-order valence-corrected chi connectivity index (χ1v) is 10.9. The third-order valence-electron chi connectivity index (χ3n) is 5.64. The summed E-state index contributed by atoms with van der Waals surface area (Å²) in [5.41, 5.74) is 7.32. The van der Waals surface area contributed by atoms with E-state index in [4.69, 9.17) is 4.74 Å². The summed E-state index contributed by atoms with van der Waals surface area (Å²) in [5.74, 6) is -0.654. The second-order valence-corrected chi connectivity index (χ2v) is 7.84. The predicted octanol–water partition coefficient (Wildman–Crippen LogP) is 4.60. The number of nitrogens with zero attached hydrogens (tertiary/aromatic N) is 2. The monoisotopic (exact) mass is 454 g/mol. The lowest BCUT2D eigenvalue weighted by Crippen LogP contribution is -2.25. The number of hydrogen-bond donors (Lipinski definition) is 2. The largest absolute Gasteiger partial charge is 0.465 e. The van der Waals surface area contributed by atoms with Crippen molar-refractivity contribution in [2.45, 2.75) is 13.8 Å². The number of ether oxygens (including phenoxy) is 1. The fraction of sp³-hybridized carbons (Fsp3) is 0.148. The number of benzene rings is 3. The van der Waals surface area contributed by atoms with E-state index in [2.05, 4.69) is 15.8 Å². The molecule has 2 N–H and O–H groups in total. The molecular weight excluding hydrogens is 428 g/mol. The van der Waals surface area contributed by atoms with Crippen molar-refractivity contribution in [3.8, 4) is 5.69 Å². The van der Waals surface area contributed by atoms with Crippen molar-refractivity contribution in [1.29, 1.82) is 0 Å². The van der Waals surface area contributed by atoms with Gasteiger partial charge >= 0.3 is 5.97 Å². The van der Waals surface area contributed by atoms with E-state index in [1.807, 2.05) is 79.1 Å². The van der Waals surface area contributed by atoms with Gasteiger partial charge < -0.3 is 14.6 Å². The van der Waals surface area contributed by atoms with Gasteiger partial charge in [-0.25, -0.2) is 10.2 Å². The molecule has 7 nitrogen and oxygen atoms in total. The molecule has 0 aliphatic heterocycles. The summed E-state index contributed by atoms with van der Waals surface area (Å²) < 4.78 is 6.89. The number of fused-ring (bicyclic) bond motifs is 1. The van der Waals surface area contributed by atoms with Crippen LogP contribution in [-0.2, 0) is 9.53 Å². The molecule has 0 aliphatic rings. The van der Waals surface area contributed by atoms with Gasteiger partial charge in [0.2, 0.25) is 0 Å². The van der Waals surface area contributed by atoms with Gasteiger partial charge in [0.1, 0.15) is 0 Å². The van der Waals surface area contributed by atoms with E-state index in [0.717, 1.165) is 39.1 Å². The molecule has 3 aromatic carbocycles. The van der Waals surface area contributed by atoms with Gasteiger partial charge in [-0.2, -0.15) is 5.10 Å². The van der Waals surface area contributed by atoms with Crippen molar-refractivity contribution in [2.75, 3.05) is 19.0 Å². The standard InChI is InChI=1S/C27H26N4O3/c1-18-15-21(19(2)31(18)25-14-7-6-12-23(25)27(33)34-3)16-29-30-26(32)17-28-24-13-8-10-20-9-4-5-11-22(20)24/h4-16,28H,17H2,1-3H3,(H,30,32)/b29-16-. The number of nitrogens with one attached hydrogen (secondary N) is 2. The van der Waals surface area contributed by atoms with E-state index in [0.29, 0.717) is 5.56 Å². The smallest absolute Gasteiger partial charge is 0.339 e. The maximum atomic E-state index is 12.3. The molecule has 4 aromatic rings. The molecule has 0 saturated heterocycles. The molecule has 1 amide bonds.